The third kappa shape index (κ3) is 4.68. The van der Waals surface area contributed by atoms with Gasteiger partial charge in [0.25, 0.3) is 15.6 Å². The molecule has 0 radical (unpaired) electrons. The third-order valence-corrected chi connectivity index (χ3v) is 7.31. The van der Waals surface area contributed by atoms with Crippen molar-refractivity contribution in [3.05, 3.63) is 69.6 Å². The number of rotatable bonds is 6. The van der Waals surface area contributed by atoms with Crippen molar-refractivity contribution in [1.29, 1.82) is 0 Å². The zero-order chi connectivity index (χ0) is 23.7. The maximum Gasteiger partial charge on any atom is 0.275 e. The minimum atomic E-state index is -3.80. The molecular formula is C22H21N5O5S2. The molecule has 0 aliphatic carbocycles. The molecule has 0 fully saturated rings. The summed E-state index contributed by atoms with van der Waals surface area (Å²) in [5.41, 5.74) is 1.63. The average molecular weight is 500 g/mol. The third-order valence-electron chi connectivity index (χ3n) is 5.03. The van der Waals surface area contributed by atoms with E-state index < -0.39 is 10.0 Å². The van der Waals surface area contributed by atoms with Crippen LogP contribution in [0.2, 0.25) is 0 Å². The number of fused-ring (bicyclic) bond motifs is 2. The Bertz CT molecular complexity index is 1510. The van der Waals surface area contributed by atoms with Gasteiger partial charge < -0.3 is 14.8 Å². The van der Waals surface area contributed by atoms with Crippen LogP contribution in [0.3, 0.4) is 0 Å². The zero-order valence-corrected chi connectivity index (χ0v) is 19.8. The molecule has 2 aromatic heterocycles. The first-order chi connectivity index (χ1) is 16.4. The molecule has 1 aliphatic rings. The number of aryl methyl sites for hydroxylation is 1. The molecule has 34 heavy (non-hydrogen) atoms. The lowest BCUT2D eigenvalue weighted by Crippen LogP contribution is -2.14. The Balaban J connectivity index is 1.26. The molecule has 10 nitrogen and oxygen atoms in total. The topological polar surface area (TPSA) is 124 Å². The Morgan fingerprint density at radius 2 is 1.76 bits per heavy atom. The quantitative estimate of drug-likeness (QED) is 0.415. The monoisotopic (exact) mass is 499 g/mol. The van der Waals surface area contributed by atoms with E-state index in [1.54, 1.807) is 37.3 Å². The van der Waals surface area contributed by atoms with Crippen molar-refractivity contribution in [2.75, 3.05) is 23.3 Å². The van der Waals surface area contributed by atoms with Gasteiger partial charge >= 0.3 is 0 Å². The molecule has 5 rings (SSSR count). The van der Waals surface area contributed by atoms with E-state index in [1.807, 2.05) is 0 Å². The van der Waals surface area contributed by atoms with Crippen molar-refractivity contribution in [3.8, 4) is 11.5 Å². The number of sulfonamides is 1. The summed E-state index contributed by atoms with van der Waals surface area (Å²) in [7, 11) is -3.80. The molecule has 2 aromatic carbocycles. The summed E-state index contributed by atoms with van der Waals surface area (Å²) in [4.78, 5) is 17.0. The van der Waals surface area contributed by atoms with Gasteiger partial charge in [0.15, 0.2) is 11.5 Å². The lowest BCUT2D eigenvalue weighted by Gasteiger charge is -2.12. The van der Waals surface area contributed by atoms with Gasteiger partial charge in [-0.25, -0.2) is 13.4 Å². The van der Waals surface area contributed by atoms with Crippen LogP contribution in [0.1, 0.15) is 17.1 Å². The van der Waals surface area contributed by atoms with Gasteiger partial charge in [0.1, 0.15) is 5.01 Å². The highest BCUT2D eigenvalue weighted by atomic mass is 32.2. The summed E-state index contributed by atoms with van der Waals surface area (Å²) in [6, 6.07) is 12.9. The number of ether oxygens (including phenoxy) is 2. The average Bonchev–Trinajstić information content (AvgIpc) is 3.07. The maximum atomic E-state index is 12.8. The van der Waals surface area contributed by atoms with Crippen LogP contribution in [0.4, 0.5) is 11.4 Å². The lowest BCUT2D eigenvalue weighted by atomic mass is 10.3. The van der Waals surface area contributed by atoms with Crippen molar-refractivity contribution >= 4 is 37.7 Å². The molecular weight excluding hydrogens is 478 g/mol. The van der Waals surface area contributed by atoms with Crippen molar-refractivity contribution in [1.82, 2.24) is 14.6 Å². The molecule has 12 heteroatoms. The van der Waals surface area contributed by atoms with E-state index >= 15 is 0 Å². The number of benzene rings is 2. The highest BCUT2D eigenvalue weighted by molar-refractivity contribution is 7.92. The molecule has 1 aliphatic heterocycles. The smallest absolute Gasteiger partial charge is 0.275 e. The van der Waals surface area contributed by atoms with Crippen LogP contribution in [0.25, 0.3) is 4.96 Å². The van der Waals surface area contributed by atoms with Crippen LogP contribution < -0.4 is 25.1 Å². The molecule has 0 unspecified atom stereocenters. The lowest BCUT2D eigenvalue weighted by molar-refractivity contribution is 0.297. The van der Waals surface area contributed by atoms with Crippen LogP contribution >= 0.6 is 11.3 Å². The molecule has 0 saturated heterocycles. The van der Waals surface area contributed by atoms with Crippen LogP contribution in [0.5, 0.6) is 11.5 Å². The van der Waals surface area contributed by atoms with Crippen LogP contribution in [0.15, 0.2) is 58.2 Å². The predicted molar refractivity (Wildman–Crippen MR) is 128 cm³/mol. The fourth-order valence-corrected chi connectivity index (χ4v) is 5.35. The van der Waals surface area contributed by atoms with Crippen molar-refractivity contribution in [2.24, 2.45) is 0 Å². The highest BCUT2D eigenvalue weighted by Crippen LogP contribution is 2.32. The van der Waals surface area contributed by atoms with Gasteiger partial charge in [0, 0.05) is 35.6 Å². The Kier molecular flexibility index (Phi) is 5.84. The summed E-state index contributed by atoms with van der Waals surface area (Å²) >= 11 is 1.33. The largest absolute Gasteiger partial charge is 0.490 e. The molecule has 3 heterocycles. The molecule has 4 aromatic rings. The van der Waals surface area contributed by atoms with E-state index in [1.165, 1.54) is 34.1 Å². The van der Waals surface area contributed by atoms with Gasteiger partial charge in [0.2, 0.25) is 4.96 Å². The summed E-state index contributed by atoms with van der Waals surface area (Å²) < 4.78 is 40.7. The van der Waals surface area contributed by atoms with E-state index in [4.69, 9.17) is 9.47 Å². The van der Waals surface area contributed by atoms with Gasteiger partial charge in [-0.2, -0.15) is 9.61 Å². The first kappa shape index (κ1) is 22.2. The Morgan fingerprint density at radius 1 is 1.03 bits per heavy atom. The van der Waals surface area contributed by atoms with Crippen molar-refractivity contribution in [2.45, 2.75) is 24.8 Å². The van der Waals surface area contributed by atoms with E-state index in [0.29, 0.717) is 52.6 Å². The fraction of sp³-hybridized carbons (Fsp3) is 0.227. The van der Waals surface area contributed by atoms with E-state index in [-0.39, 0.29) is 10.5 Å². The number of anilines is 2. The van der Waals surface area contributed by atoms with Gasteiger partial charge in [-0.3, -0.25) is 9.52 Å². The first-order valence-electron chi connectivity index (χ1n) is 10.5. The van der Waals surface area contributed by atoms with Crippen molar-refractivity contribution in [3.63, 3.8) is 0 Å². The summed E-state index contributed by atoms with van der Waals surface area (Å²) in [6.45, 7) is 3.17. The molecule has 0 bridgehead atoms. The minimum absolute atomic E-state index is 0.0916. The summed E-state index contributed by atoms with van der Waals surface area (Å²) in [6.07, 6.45) is 0.740. The number of hydrogen-bond donors (Lipinski definition) is 2. The van der Waals surface area contributed by atoms with Crippen LogP contribution in [-0.4, -0.2) is 36.2 Å². The summed E-state index contributed by atoms with van der Waals surface area (Å²) in [5.74, 6) is 0.957. The van der Waals surface area contributed by atoms with E-state index in [2.05, 4.69) is 20.1 Å². The second kappa shape index (κ2) is 8.95. The molecule has 176 valence electrons. The molecule has 0 atom stereocenters. The van der Waals surface area contributed by atoms with E-state index in [0.717, 1.165) is 12.1 Å². The molecule has 0 spiro atoms. The molecule has 2 N–H and O–H groups in total. The normalized spacial score (nSPS) is 13.4. The Labute approximate surface area is 199 Å². The fourth-order valence-electron chi connectivity index (χ4n) is 3.39. The van der Waals surface area contributed by atoms with Gasteiger partial charge in [0.05, 0.1) is 24.7 Å². The number of aromatic nitrogens is 3. The maximum absolute atomic E-state index is 12.8. The van der Waals surface area contributed by atoms with Crippen LogP contribution in [-0.2, 0) is 16.6 Å². The minimum Gasteiger partial charge on any atom is -0.490 e. The molecule has 0 saturated carbocycles. The standard InChI is InChI=1S/C22H21N5O5S2/c1-14-11-21(28)27-22(24-14)33-20(25-27)13-23-15-3-5-16(6-4-15)26-34(29,30)17-7-8-18-19(12-17)32-10-2-9-31-18/h3-8,11-12,23,26H,2,9-10,13H2,1H3. The van der Waals surface area contributed by atoms with Crippen LogP contribution in [0, 0.1) is 6.92 Å². The van der Waals surface area contributed by atoms with Crippen molar-refractivity contribution < 1.29 is 17.9 Å². The number of nitrogens with one attached hydrogen (secondary N) is 2. The number of nitrogens with zero attached hydrogens (tertiary/aromatic N) is 3. The Morgan fingerprint density at radius 3 is 2.56 bits per heavy atom. The van der Waals surface area contributed by atoms with Gasteiger partial charge in [-0.1, -0.05) is 11.3 Å². The highest BCUT2D eigenvalue weighted by Gasteiger charge is 2.19. The number of hydrogen-bond acceptors (Lipinski definition) is 9. The second-order valence-corrected chi connectivity index (χ2v) is 10.3. The Hall–Kier alpha value is -3.64. The van der Waals surface area contributed by atoms with E-state index in [9.17, 15) is 13.2 Å². The van der Waals surface area contributed by atoms with Gasteiger partial charge in [-0.15, -0.1) is 0 Å². The zero-order valence-electron chi connectivity index (χ0n) is 18.1. The molecule has 0 amide bonds. The predicted octanol–water partition coefficient (Wildman–Crippen LogP) is 3.03. The summed E-state index contributed by atoms with van der Waals surface area (Å²) in [5, 5.41) is 8.21. The second-order valence-electron chi connectivity index (χ2n) is 7.62. The SMILES string of the molecule is Cc1cc(=O)n2nc(CNc3ccc(NS(=O)(=O)c4ccc5c(c4)OCCCO5)cc3)sc2n1. The van der Waals surface area contributed by atoms with Gasteiger partial charge in [-0.05, 0) is 43.3 Å². The first-order valence-corrected chi connectivity index (χ1v) is 12.8.